The van der Waals surface area contributed by atoms with E-state index in [0.29, 0.717) is 13.2 Å². The summed E-state index contributed by atoms with van der Waals surface area (Å²) in [6.45, 7) is 3.19. The second kappa shape index (κ2) is 10.3. The molecule has 7 heteroatoms. The van der Waals surface area contributed by atoms with Crippen LogP contribution in [0.25, 0.3) is 5.00 Å². The fraction of sp³-hybridized carbons (Fsp3) is 0.300. The van der Waals surface area contributed by atoms with Gasteiger partial charge in [-0.15, -0.1) is 23.1 Å². The number of carbonyl (C=O) groups excluding carboxylic acids is 1. The molecule has 2 aliphatic rings. The first kappa shape index (κ1) is 24.2. The molecular weight excluding hydrogens is 498 g/mol. The van der Waals surface area contributed by atoms with Crippen LogP contribution in [0.1, 0.15) is 53.1 Å². The lowest BCUT2D eigenvalue weighted by molar-refractivity contribution is 0.194. The Kier molecular flexibility index (Phi) is 6.74. The molecule has 2 amide bonds. The van der Waals surface area contributed by atoms with Crippen molar-refractivity contribution < 1.29 is 9.53 Å². The van der Waals surface area contributed by atoms with Crippen molar-refractivity contribution in [2.45, 2.75) is 50.1 Å². The summed E-state index contributed by atoms with van der Waals surface area (Å²) < 4.78 is 8.03. The van der Waals surface area contributed by atoms with Crippen molar-refractivity contribution in [3.05, 3.63) is 94.1 Å². The average molecular weight is 530 g/mol. The molecule has 5 nitrogen and oxygen atoms in total. The third-order valence-electron chi connectivity index (χ3n) is 7.27. The zero-order valence-electron chi connectivity index (χ0n) is 21.2. The van der Waals surface area contributed by atoms with Gasteiger partial charge in [-0.05, 0) is 92.5 Å². The first-order valence-electron chi connectivity index (χ1n) is 12.9. The number of hydrogen-bond donors (Lipinski definition) is 1. The summed E-state index contributed by atoms with van der Waals surface area (Å²) in [6, 6.07) is 20.2. The number of nitrogens with one attached hydrogen (secondary N) is 1. The zero-order chi connectivity index (χ0) is 25.4. The summed E-state index contributed by atoms with van der Waals surface area (Å²) in [4.78, 5) is 18.7. The quantitative estimate of drug-likeness (QED) is 0.270. The monoisotopic (exact) mass is 529 g/mol. The number of rotatable bonds is 5. The fourth-order valence-corrected chi connectivity index (χ4v) is 7.41. The van der Waals surface area contributed by atoms with Crippen LogP contribution in [0, 0.1) is 0 Å². The van der Waals surface area contributed by atoms with Crippen molar-refractivity contribution in [2.75, 3.05) is 18.2 Å². The molecule has 1 aliphatic heterocycles. The van der Waals surface area contributed by atoms with E-state index in [9.17, 15) is 4.79 Å². The van der Waals surface area contributed by atoms with E-state index in [1.165, 1.54) is 33.8 Å². The number of thiophene rings is 1. The summed E-state index contributed by atoms with van der Waals surface area (Å²) >= 11 is 3.58. The number of ether oxygens (including phenoxy) is 1. The second-order valence-corrected chi connectivity index (χ2v) is 11.5. The summed E-state index contributed by atoms with van der Waals surface area (Å²) in [5, 5.41) is 4.48. The molecule has 1 N–H and O–H groups in total. The lowest BCUT2D eigenvalue weighted by Crippen LogP contribution is -2.38. The van der Waals surface area contributed by atoms with E-state index < -0.39 is 0 Å². The smallest absolute Gasteiger partial charge is 0.322 e. The van der Waals surface area contributed by atoms with Crippen LogP contribution in [-0.2, 0) is 19.4 Å². The van der Waals surface area contributed by atoms with E-state index in [0.717, 1.165) is 40.4 Å². The van der Waals surface area contributed by atoms with Gasteiger partial charge in [0.2, 0.25) is 0 Å². The lowest BCUT2D eigenvalue weighted by Gasteiger charge is -2.31. The summed E-state index contributed by atoms with van der Waals surface area (Å²) in [5.74, 6) is 0.841. The summed E-state index contributed by atoms with van der Waals surface area (Å²) in [6.07, 6.45) is 8.89. The van der Waals surface area contributed by atoms with E-state index >= 15 is 0 Å². The highest BCUT2D eigenvalue weighted by atomic mass is 32.2. The van der Waals surface area contributed by atoms with Crippen LogP contribution in [0.3, 0.4) is 0 Å². The molecule has 37 heavy (non-hydrogen) atoms. The number of amides is 2. The summed E-state index contributed by atoms with van der Waals surface area (Å²) in [5.41, 5.74) is 5.75. The average Bonchev–Trinajstić information content (AvgIpc) is 3.51. The van der Waals surface area contributed by atoms with E-state index in [-0.39, 0.29) is 12.1 Å². The Morgan fingerprint density at radius 3 is 2.73 bits per heavy atom. The molecule has 0 saturated heterocycles. The van der Waals surface area contributed by atoms with Crippen LogP contribution in [0.2, 0.25) is 0 Å². The van der Waals surface area contributed by atoms with E-state index in [1.54, 1.807) is 11.8 Å². The molecule has 0 radical (unpaired) electrons. The predicted octanol–water partition coefficient (Wildman–Crippen LogP) is 7.68. The van der Waals surface area contributed by atoms with E-state index in [4.69, 9.17) is 4.74 Å². The Bertz CT molecular complexity index is 1420. The predicted molar refractivity (Wildman–Crippen MR) is 153 cm³/mol. The highest BCUT2D eigenvalue weighted by Gasteiger charge is 2.36. The van der Waals surface area contributed by atoms with Crippen LogP contribution in [0.15, 0.2) is 71.8 Å². The third-order valence-corrected chi connectivity index (χ3v) is 9.33. The lowest BCUT2D eigenvalue weighted by atomic mass is 9.95. The van der Waals surface area contributed by atoms with Gasteiger partial charge in [-0.1, -0.05) is 18.2 Å². The first-order valence-corrected chi connectivity index (χ1v) is 15.0. The van der Waals surface area contributed by atoms with Gasteiger partial charge in [0.15, 0.2) is 0 Å². The third kappa shape index (κ3) is 4.55. The van der Waals surface area contributed by atoms with E-state index in [1.807, 2.05) is 59.7 Å². The normalized spacial score (nSPS) is 16.4. The number of nitrogens with zero attached hydrogens (tertiary/aromatic N) is 2. The largest absolute Gasteiger partial charge is 0.494 e. The Hall–Kier alpha value is -3.16. The maximum atomic E-state index is 14.1. The van der Waals surface area contributed by atoms with Gasteiger partial charge in [-0.2, -0.15) is 0 Å². The molecule has 0 bridgehead atoms. The van der Waals surface area contributed by atoms with Crippen LogP contribution in [-0.4, -0.2) is 28.4 Å². The molecule has 2 aromatic heterocycles. The molecule has 190 valence electrons. The van der Waals surface area contributed by atoms with Gasteiger partial charge in [0.1, 0.15) is 10.8 Å². The fourth-order valence-electron chi connectivity index (χ4n) is 5.55. The standard InChI is InChI=1S/C30H31N3O2S2/c1-3-35-22-15-13-20(14-16-22)28-26-11-7-17-32(26)29-25(24-10-4-5-12-27(24)37-29)19-33(28)30(34)31-21-8-6-9-23(18-21)36-2/h6-9,11,13-18,28H,3-5,10,12,19H2,1-2H3,(H,31,34)/t28-/m1/s1. The van der Waals surface area contributed by atoms with Crippen LogP contribution < -0.4 is 10.1 Å². The highest BCUT2D eigenvalue weighted by Crippen LogP contribution is 2.44. The molecular formula is C30H31N3O2S2. The van der Waals surface area contributed by atoms with Crippen molar-refractivity contribution in [1.82, 2.24) is 9.47 Å². The minimum Gasteiger partial charge on any atom is -0.494 e. The Balaban J connectivity index is 1.46. The molecule has 0 saturated carbocycles. The van der Waals surface area contributed by atoms with Gasteiger partial charge in [-0.3, -0.25) is 0 Å². The van der Waals surface area contributed by atoms with Gasteiger partial charge in [0, 0.05) is 27.2 Å². The molecule has 4 aromatic rings. The number of aryl methyl sites for hydroxylation is 1. The molecule has 0 fully saturated rings. The topological polar surface area (TPSA) is 46.5 Å². The van der Waals surface area contributed by atoms with Crippen molar-refractivity contribution >= 4 is 34.8 Å². The number of aromatic nitrogens is 1. The Morgan fingerprint density at radius 1 is 1.08 bits per heavy atom. The highest BCUT2D eigenvalue weighted by molar-refractivity contribution is 7.98. The Labute approximate surface area is 226 Å². The minimum atomic E-state index is -0.228. The number of urea groups is 1. The molecule has 1 aliphatic carbocycles. The molecule has 2 aromatic carbocycles. The van der Waals surface area contributed by atoms with Crippen molar-refractivity contribution in [2.24, 2.45) is 0 Å². The van der Waals surface area contributed by atoms with Crippen molar-refractivity contribution in [1.29, 1.82) is 0 Å². The SMILES string of the molecule is CCOc1ccc([C@@H]2c3cccn3-c3sc4c(c3CN2C(=O)Nc2cccc(SC)c2)CCCC4)cc1. The number of hydrogen-bond acceptors (Lipinski definition) is 4. The number of anilines is 1. The van der Waals surface area contributed by atoms with Gasteiger partial charge >= 0.3 is 6.03 Å². The van der Waals surface area contributed by atoms with Crippen molar-refractivity contribution in [3.63, 3.8) is 0 Å². The summed E-state index contributed by atoms with van der Waals surface area (Å²) in [7, 11) is 0. The molecule has 0 unspecified atom stereocenters. The van der Waals surface area contributed by atoms with E-state index in [2.05, 4.69) is 46.4 Å². The maximum Gasteiger partial charge on any atom is 0.322 e. The van der Waals surface area contributed by atoms with Gasteiger partial charge in [-0.25, -0.2) is 4.79 Å². The molecule has 1 atom stereocenters. The van der Waals surface area contributed by atoms with Gasteiger partial charge < -0.3 is 19.5 Å². The van der Waals surface area contributed by atoms with Crippen LogP contribution in [0.4, 0.5) is 10.5 Å². The van der Waals surface area contributed by atoms with Crippen molar-refractivity contribution in [3.8, 4) is 10.8 Å². The molecule has 0 spiro atoms. The number of thioether (sulfide) groups is 1. The number of fused-ring (bicyclic) bond motifs is 5. The molecule has 6 rings (SSSR count). The Morgan fingerprint density at radius 2 is 1.92 bits per heavy atom. The number of carbonyl (C=O) groups is 1. The number of benzene rings is 2. The second-order valence-electron chi connectivity index (χ2n) is 9.49. The van der Waals surface area contributed by atoms with Crippen LogP contribution in [0.5, 0.6) is 5.75 Å². The van der Waals surface area contributed by atoms with Gasteiger partial charge in [0.05, 0.1) is 24.9 Å². The van der Waals surface area contributed by atoms with Crippen LogP contribution >= 0.6 is 23.1 Å². The minimum absolute atomic E-state index is 0.0894. The zero-order valence-corrected chi connectivity index (χ0v) is 22.8. The molecule has 3 heterocycles. The van der Waals surface area contributed by atoms with Gasteiger partial charge in [0.25, 0.3) is 0 Å². The maximum absolute atomic E-state index is 14.1. The first-order chi connectivity index (χ1) is 18.2.